The molecule has 0 heterocycles. The Morgan fingerprint density at radius 1 is 0.444 bits per heavy atom. The molecule has 0 saturated carbocycles. The van der Waals surface area contributed by atoms with Crippen LogP contribution in [-0.2, 0) is 16.2 Å². The summed E-state index contributed by atoms with van der Waals surface area (Å²) in [5.41, 5.74) is 11.6. The molecule has 4 aromatic rings. The Hall–Kier alpha value is -2.16. The average Bonchev–Trinajstić information content (AvgIpc) is 3.33. The first-order chi connectivity index (χ1) is 21.8. The summed E-state index contributed by atoms with van der Waals surface area (Å²) < 4.78 is 0. The first-order valence-electron chi connectivity index (χ1n) is 17.3. The van der Waals surface area contributed by atoms with Crippen LogP contribution in [0, 0.1) is 0 Å². The van der Waals surface area contributed by atoms with Crippen LogP contribution < -0.4 is 0 Å². The molecule has 5 rings (SSSR count). The first-order valence-corrected chi connectivity index (χ1v) is 19.5. The van der Waals surface area contributed by atoms with Crippen molar-refractivity contribution in [3.8, 4) is 11.1 Å². The van der Waals surface area contributed by atoms with Crippen LogP contribution in [0.15, 0.2) is 97.1 Å². The Bertz CT molecular complexity index is 1400. The summed E-state index contributed by atoms with van der Waals surface area (Å²) in [7, 11) is 0. The lowest BCUT2D eigenvalue weighted by molar-refractivity contribution is 0.400. The van der Waals surface area contributed by atoms with E-state index in [1.54, 1.807) is 11.1 Å². The smallest absolute Gasteiger partial charge is 0.0215 e. The minimum atomic E-state index is -0.0665. The molecule has 1 aliphatic rings. The SMILES string of the molecule is CC(C)(c1ccccc1)c1ccc2c(c1)C(CCCCCCBr)(CCCCCCBr)c1cc(C(C)(C)c3ccccc3)ccc1-2. The molecule has 45 heavy (non-hydrogen) atoms. The Morgan fingerprint density at radius 2 is 0.822 bits per heavy atom. The lowest BCUT2D eigenvalue weighted by Gasteiger charge is -2.35. The van der Waals surface area contributed by atoms with E-state index in [-0.39, 0.29) is 16.2 Å². The molecule has 2 heteroatoms. The highest BCUT2D eigenvalue weighted by molar-refractivity contribution is 9.09. The summed E-state index contributed by atoms with van der Waals surface area (Å²) in [5, 5.41) is 2.21. The molecule has 0 N–H and O–H groups in total. The second kappa shape index (κ2) is 15.2. The van der Waals surface area contributed by atoms with Crippen LogP contribution >= 0.6 is 31.9 Å². The van der Waals surface area contributed by atoms with Crippen molar-refractivity contribution in [1.29, 1.82) is 0 Å². The van der Waals surface area contributed by atoms with E-state index in [4.69, 9.17) is 0 Å². The van der Waals surface area contributed by atoms with Crippen molar-refractivity contribution in [3.05, 3.63) is 130 Å². The maximum Gasteiger partial charge on any atom is 0.0215 e. The quantitative estimate of drug-likeness (QED) is 0.0796. The monoisotopic (exact) mass is 726 g/mol. The van der Waals surface area contributed by atoms with E-state index in [9.17, 15) is 0 Å². The number of halogens is 2. The zero-order chi connectivity index (χ0) is 31.9. The summed E-state index contributed by atoms with van der Waals surface area (Å²) >= 11 is 7.33. The van der Waals surface area contributed by atoms with Gasteiger partial charge in [0.1, 0.15) is 0 Å². The third-order valence-electron chi connectivity index (χ3n) is 10.8. The first kappa shape index (κ1) is 34.2. The Kier molecular flexibility index (Phi) is 11.5. The zero-order valence-electron chi connectivity index (χ0n) is 28.0. The summed E-state index contributed by atoms with van der Waals surface area (Å²) in [5.74, 6) is 0. The number of alkyl halides is 2. The van der Waals surface area contributed by atoms with Gasteiger partial charge in [0.25, 0.3) is 0 Å². The molecule has 0 fully saturated rings. The zero-order valence-corrected chi connectivity index (χ0v) is 31.2. The fourth-order valence-corrected chi connectivity index (χ4v) is 8.52. The van der Waals surface area contributed by atoms with Crippen LogP contribution in [0.5, 0.6) is 0 Å². The fourth-order valence-electron chi connectivity index (χ4n) is 7.73. The van der Waals surface area contributed by atoms with Gasteiger partial charge in [-0.15, -0.1) is 0 Å². The highest BCUT2D eigenvalue weighted by Gasteiger charge is 2.44. The van der Waals surface area contributed by atoms with Gasteiger partial charge in [-0.05, 0) is 70.2 Å². The molecular formula is C43H52Br2. The molecule has 1 aliphatic carbocycles. The molecular weight excluding hydrogens is 676 g/mol. The topological polar surface area (TPSA) is 0 Å². The molecule has 0 aliphatic heterocycles. The van der Waals surface area contributed by atoms with Gasteiger partial charge in [0.15, 0.2) is 0 Å². The van der Waals surface area contributed by atoms with Crippen LogP contribution in [0.25, 0.3) is 11.1 Å². The number of hydrogen-bond acceptors (Lipinski definition) is 0. The molecule has 0 spiro atoms. The van der Waals surface area contributed by atoms with E-state index in [0.717, 1.165) is 10.7 Å². The predicted octanol–water partition coefficient (Wildman–Crippen LogP) is 13.3. The van der Waals surface area contributed by atoms with Gasteiger partial charge in [-0.1, -0.05) is 195 Å². The molecule has 0 saturated heterocycles. The van der Waals surface area contributed by atoms with Gasteiger partial charge in [-0.2, -0.15) is 0 Å². The molecule has 0 atom stereocenters. The molecule has 0 bridgehead atoms. The van der Waals surface area contributed by atoms with Crippen molar-refractivity contribution in [2.24, 2.45) is 0 Å². The summed E-state index contributed by atoms with van der Waals surface area (Å²) in [4.78, 5) is 0. The lowest BCUT2D eigenvalue weighted by Crippen LogP contribution is -2.28. The molecule has 0 aromatic heterocycles. The summed E-state index contributed by atoms with van der Waals surface area (Å²) in [6.07, 6.45) is 12.7. The maximum atomic E-state index is 3.66. The van der Waals surface area contributed by atoms with E-state index in [1.807, 2.05) is 0 Å². The van der Waals surface area contributed by atoms with Crippen LogP contribution in [0.3, 0.4) is 0 Å². The Labute approximate surface area is 290 Å². The van der Waals surface area contributed by atoms with E-state index in [2.05, 4.69) is 157 Å². The van der Waals surface area contributed by atoms with Crippen molar-refractivity contribution in [2.45, 2.75) is 108 Å². The van der Waals surface area contributed by atoms with Gasteiger partial charge >= 0.3 is 0 Å². The van der Waals surface area contributed by atoms with E-state index in [0.29, 0.717) is 0 Å². The van der Waals surface area contributed by atoms with Crippen LogP contribution in [-0.4, -0.2) is 10.7 Å². The highest BCUT2D eigenvalue weighted by Crippen LogP contribution is 2.56. The predicted molar refractivity (Wildman–Crippen MR) is 204 cm³/mol. The number of unbranched alkanes of at least 4 members (excludes halogenated alkanes) is 6. The lowest BCUT2D eigenvalue weighted by atomic mass is 9.68. The van der Waals surface area contributed by atoms with Gasteiger partial charge in [0.2, 0.25) is 0 Å². The van der Waals surface area contributed by atoms with Gasteiger partial charge in [0.05, 0.1) is 0 Å². The van der Waals surface area contributed by atoms with Gasteiger partial charge in [-0.25, -0.2) is 0 Å². The normalized spacial score (nSPS) is 13.9. The summed E-state index contributed by atoms with van der Waals surface area (Å²) in [6, 6.07) is 37.2. The highest BCUT2D eigenvalue weighted by atomic mass is 79.9. The van der Waals surface area contributed by atoms with Crippen molar-refractivity contribution in [3.63, 3.8) is 0 Å². The van der Waals surface area contributed by atoms with E-state index in [1.165, 1.54) is 97.6 Å². The molecule has 0 unspecified atom stereocenters. The van der Waals surface area contributed by atoms with Crippen molar-refractivity contribution < 1.29 is 0 Å². The number of rotatable bonds is 16. The minimum absolute atomic E-state index is 0.0407. The molecule has 0 radical (unpaired) electrons. The third kappa shape index (κ3) is 7.23. The standard InChI is InChI=1S/C43H52Br2/c1-41(2,33-19-11-9-12-20-33)35-23-25-37-38-26-24-36(42(3,4)34-21-13-10-14-22-34)32-40(38)43(39(37)31-35,27-15-5-7-17-29-44)28-16-6-8-18-30-45/h9-14,19-26,31-32H,5-8,15-18,27-30H2,1-4H3. The van der Waals surface area contributed by atoms with Crippen LogP contribution in [0.4, 0.5) is 0 Å². The fraction of sp³-hybridized carbons (Fsp3) is 0.442. The van der Waals surface area contributed by atoms with E-state index < -0.39 is 0 Å². The minimum Gasteiger partial charge on any atom is -0.0928 e. The van der Waals surface area contributed by atoms with Gasteiger partial charge in [-0.3, -0.25) is 0 Å². The van der Waals surface area contributed by atoms with E-state index >= 15 is 0 Å². The third-order valence-corrected chi connectivity index (χ3v) is 11.9. The molecule has 0 nitrogen and oxygen atoms in total. The number of hydrogen-bond donors (Lipinski definition) is 0. The Morgan fingerprint density at radius 3 is 1.20 bits per heavy atom. The Balaban J connectivity index is 1.64. The number of fused-ring (bicyclic) bond motifs is 3. The maximum absolute atomic E-state index is 3.66. The molecule has 0 amide bonds. The van der Waals surface area contributed by atoms with Crippen molar-refractivity contribution in [2.75, 3.05) is 10.7 Å². The van der Waals surface area contributed by atoms with Crippen LogP contribution in [0.1, 0.15) is 125 Å². The second-order valence-electron chi connectivity index (χ2n) is 14.3. The number of benzene rings is 4. The largest absolute Gasteiger partial charge is 0.0928 e. The summed E-state index contributed by atoms with van der Waals surface area (Å²) in [6.45, 7) is 9.59. The van der Waals surface area contributed by atoms with Crippen molar-refractivity contribution >= 4 is 31.9 Å². The van der Waals surface area contributed by atoms with Gasteiger partial charge in [0, 0.05) is 26.9 Å². The second-order valence-corrected chi connectivity index (χ2v) is 15.9. The van der Waals surface area contributed by atoms with Crippen LogP contribution in [0.2, 0.25) is 0 Å². The van der Waals surface area contributed by atoms with Crippen molar-refractivity contribution in [1.82, 2.24) is 0 Å². The average molecular weight is 729 g/mol. The molecule has 238 valence electrons. The molecule has 4 aromatic carbocycles. The van der Waals surface area contributed by atoms with Gasteiger partial charge < -0.3 is 0 Å².